The molecule has 0 aliphatic carbocycles. The van der Waals surface area contributed by atoms with Crippen LogP contribution >= 0.6 is 0 Å². The highest BCUT2D eigenvalue weighted by Crippen LogP contribution is 1.65. The third-order valence-corrected chi connectivity index (χ3v) is 0.510. The smallest absolute Gasteiger partial charge is 0.412 e. The number of hydrogen-bond donors (Lipinski definition) is 3. The maximum Gasteiger partial charge on any atom is 0.412 e. The van der Waals surface area contributed by atoms with E-state index in [4.69, 9.17) is 5.11 Å². The summed E-state index contributed by atoms with van der Waals surface area (Å²) in [4.78, 5) is 30.0. The molecule has 0 heterocycles. The van der Waals surface area contributed by atoms with Crippen LogP contribution in [0.25, 0.3) is 0 Å². The summed E-state index contributed by atoms with van der Waals surface area (Å²) in [6.07, 6.45) is -1.50. The highest BCUT2D eigenvalue weighted by Gasteiger charge is 2.04. The molecule has 0 aromatic carbocycles. The van der Waals surface area contributed by atoms with Crippen LogP contribution in [0.3, 0.4) is 0 Å². The van der Waals surface area contributed by atoms with Gasteiger partial charge in [0.2, 0.25) is 5.91 Å². The highest BCUT2D eigenvalue weighted by atomic mass is 16.4. The van der Waals surface area contributed by atoms with Crippen molar-refractivity contribution in [3.8, 4) is 0 Å². The Morgan fingerprint density at radius 1 is 1.20 bits per heavy atom. The molecule has 0 bridgehead atoms. The first-order valence-electron chi connectivity index (χ1n) is 2.34. The lowest BCUT2D eigenvalue weighted by Crippen LogP contribution is -2.40. The van der Waals surface area contributed by atoms with Gasteiger partial charge >= 0.3 is 12.1 Å². The molecule has 0 aromatic rings. The molecule has 0 saturated heterocycles. The predicted molar refractivity (Wildman–Crippen MR) is 30.4 cm³/mol. The van der Waals surface area contributed by atoms with Crippen LogP contribution in [0.4, 0.5) is 9.59 Å². The lowest BCUT2D eigenvalue weighted by Gasteiger charge is -1.97. The van der Waals surface area contributed by atoms with Gasteiger partial charge in [-0.15, -0.1) is 0 Å². The number of imide groups is 2. The number of hydrogen-bond acceptors (Lipinski definition) is 3. The van der Waals surface area contributed by atoms with Gasteiger partial charge in [-0.3, -0.25) is 10.1 Å². The molecular weight excluding hydrogens is 140 g/mol. The van der Waals surface area contributed by atoms with Crippen molar-refractivity contribution in [2.75, 3.05) is 0 Å². The highest BCUT2D eigenvalue weighted by molar-refractivity contribution is 5.99. The molecule has 0 spiro atoms. The van der Waals surface area contributed by atoms with Crippen LogP contribution in [0, 0.1) is 0 Å². The number of nitrogens with one attached hydrogen (secondary N) is 2. The summed E-state index contributed by atoms with van der Waals surface area (Å²) >= 11 is 0. The van der Waals surface area contributed by atoms with Crippen LogP contribution < -0.4 is 10.6 Å². The molecular formula is C4H6N2O4. The number of urea groups is 1. The molecule has 0 rings (SSSR count). The first kappa shape index (κ1) is 8.41. The molecule has 6 heteroatoms. The van der Waals surface area contributed by atoms with Gasteiger partial charge in [0, 0.05) is 6.92 Å². The molecule has 0 radical (unpaired) electrons. The molecule has 0 saturated carbocycles. The normalized spacial score (nSPS) is 8.10. The van der Waals surface area contributed by atoms with Crippen LogP contribution in [0.15, 0.2) is 0 Å². The SMILES string of the molecule is CC(=O)NC(=O)NC(=O)O. The Hall–Kier alpha value is -1.59. The average molecular weight is 146 g/mol. The van der Waals surface area contributed by atoms with E-state index in [1.54, 1.807) is 5.32 Å². The van der Waals surface area contributed by atoms with E-state index in [1.807, 2.05) is 0 Å². The summed E-state index contributed by atoms with van der Waals surface area (Å²) in [6, 6.07) is -1.04. The number of rotatable bonds is 0. The van der Waals surface area contributed by atoms with E-state index in [0.29, 0.717) is 0 Å². The summed E-state index contributed by atoms with van der Waals surface area (Å²) < 4.78 is 0. The van der Waals surface area contributed by atoms with Gasteiger partial charge in [0.05, 0.1) is 0 Å². The van der Waals surface area contributed by atoms with E-state index in [2.05, 4.69) is 0 Å². The second-order valence-corrected chi connectivity index (χ2v) is 1.44. The van der Waals surface area contributed by atoms with Gasteiger partial charge < -0.3 is 5.11 Å². The Kier molecular flexibility index (Phi) is 2.89. The van der Waals surface area contributed by atoms with E-state index in [1.165, 1.54) is 5.32 Å². The van der Waals surface area contributed by atoms with Crippen molar-refractivity contribution in [3.05, 3.63) is 0 Å². The van der Waals surface area contributed by atoms with Crippen LogP contribution in [0.1, 0.15) is 6.92 Å². The zero-order valence-electron chi connectivity index (χ0n) is 5.17. The molecule has 56 valence electrons. The van der Waals surface area contributed by atoms with Crippen molar-refractivity contribution in [1.82, 2.24) is 10.6 Å². The molecule has 0 aliphatic heterocycles. The lowest BCUT2D eigenvalue weighted by atomic mass is 10.7. The Balaban J connectivity index is 3.65. The van der Waals surface area contributed by atoms with Gasteiger partial charge in [0.15, 0.2) is 0 Å². The summed E-state index contributed by atoms with van der Waals surface area (Å²) in [5.74, 6) is -0.612. The van der Waals surface area contributed by atoms with Gasteiger partial charge in [0.1, 0.15) is 0 Å². The first-order valence-corrected chi connectivity index (χ1v) is 2.34. The summed E-state index contributed by atoms with van der Waals surface area (Å²) in [5, 5.41) is 11.0. The second kappa shape index (κ2) is 3.44. The molecule has 4 amide bonds. The Morgan fingerprint density at radius 3 is 2.00 bits per heavy atom. The molecule has 0 fully saturated rings. The molecule has 3 N–H and O–H groups in total. The molecule has 0 unspecified atom stereocenters. The fourth-order valence-corrected chi connectivity index (χ4v) is 0.288. The van der Waals surface area contributed by atoms with Crippen molar-refractivity contribution < 1.29 is 19.5 Å². The zero-order chi connectivity index (χ0) is 8.15. The van der Waals surface area contributed by atoms with Crippen LogP contribution in [0.5, 0.6) is 0 Å². The van der Waals surface area contributed by atoms with Gasteiger partial charge in [-0.2, -0.15) is 0 Å². The first-order chi connectivity index (χ1) is 4.52. The van der Waals surface area contributed by atoms with E-state index in [9.17, 15) is 14.4 Å². The molecule has 0 aliphatic rings. The number of carbonyl (C=O) groups excluding carboxylic acids is 2. The fourth-order valence-electron chi connectivity index (χ4n) is 0.288. The Labute approximate surface area is 56.2 Å². The number of carboxylic acid groups (broad SMARTS) is 1. The maximum atomic E-state index is 10.2. The Bertz CT molecular complexity index is 158. The average Bonchev–Trinajstić information content (AvgIpc) is 1.58. The van der Waals surface area contributed by atoms with Crippen molar-refractivity contribution in [3.63, 3.8) is 0 Å². The molecule has 6 nitrogen and oxygen atoms in total. The van der Waals surface area contributed by atoms with Crippen molar-refractivity contribution >= 4 is 18.0 Å². The third kappa shape index (κ3) is 4.57. The fraction of sp³-hybridized carbons (Fsp3) is 0.250. The minimum atomic E-state index is -1.50. The zero-order valence-corrected chi connectivity index (χ0v) is 5.17. The monoisotopic (exact) mass is 146 g/mol. The quantitative estimate of drug-likeness (QED) is 0.429. The van der Waals surface area contributed by atoms with E-state index < -0.39 is 18.0 Å². The van der Waals surface area contributed by atoms with Crippen LogP contribution in [-0.2, 0) is 4.79 Å². The van der Waals surface area contributed by atoms with E-state index >= 15 is 0 Å². The third-order valence-electron chi connectivity index (χ3n) is 0.510. The Morgan fingerprint density at radius 2 is 1.70 bits per heavy atom. The summed E-state index contributed by atoms with van der Waals surface area (Å²) in [6.45, 7) is 1.10. The van der Waals surface area contributed by atoms with E-state index in [-0.39, 0.29) is 0 Å². The second-order valence-electron chi connectivity index (χ2n) is 1.44. The van der Waals surface area contributed by atoms with Gasteiger partial charge in [-0.25, -0.2) is 14.9 Å². The minimum absolute atomic E-state index is 0.612. The van der Waals surface area contributed by atoms with Crippen molar-refractivity contribution in [1.29, 1.82) is 0 Å². The lowest BCUT2D eigenvalue weighted by molar-refractivity contribution is -0.117. The summed E-state index contributed by atoms with van der Waals surface area (Å²) in [7, 11) is 0. The molecule has 0 atom stereocenters. The molecule has 0 aromatic heterocycles. The topological polar surface area (TPSA) is 95.5 Å². The largest absolute Gasteiger partial charge is 0.465 e. The van der Waals surface area contributed by atoms with Gasteiger partial charge in [0.25, 0.3) is 0 Å². The maximum absolute atomic E-state index is 10.2. The van der Waals surface area contributed by atoms with Crippen LogP contribution in [-0.4, -0.2) is 23.1 Å². The number of carbonyl (C=O) groups is 3. The predicted octanol–water partition coefficient (Wildman–Crippen LogP) is -0.490. The van der Waals surface area contributed by atoms with Gasteiger partial charge in [-0.1, -0.05) is 0 Å². The molecule has 10 heavy (non-hydrogen) atoms. The minimum Gasteiger partial charge on any atom is -0.465 e. The van der Waals surface area contributed by atoms with Crippen LogP contribution in [0.2, 0.25) is 0 Å². The van der Waals surface area contributed by atoms with Crippen molar-refractivity contribution in [2.24, 2.45) is 0 Å². The van der Waals surface area contributed by atoms with E-state index in [0.717, 1.165) is 6.92 Å². The van der Waals surface area contributed by atoms with Gasteiger partial charge in [-0.05, 0) is 0 Å². The summed E-state index contributed by atoms with van der Waals surface area (Å²) in [5.41, 5.74) is 0. The van der Waals surface area contributed by atoms with Crippen molar-refractivity contribution in [2.45, 2.75) is 6.92 Å². The standard InChI is InChI=1S/C4H6N2O4/c1-2(7)5-3(8)6-4(9)10/h1H3,(H,9,10)(H2,5,6,7,8). The number of amides is 4.